The van der Waals surface area contributed by atoms with E-state index in [1.807, 2.05) is 0 Å². The lowest BCUT2D eigenvalue weighted by atomic mass is 10.2. The van der Waals surface area contributed by atoms with E-state index < -0.39 is 17.9 Å². The minimum atomic E-state index is -0.935. The smallest absolute Gasteiger partial charge is 0.330 e. The average Bonchev–Trinajstić information content (AvgIpc) is 2.64. The molecule has 0 aliphatic rings. The fourth-order valence-corrected chi connectivity index (χ4v) is 0.925. The molecule has 0 aromatic rings. The van der Waals surface area contributed by atoms with E-state index in [0.29, 0.717) is 12.0 Å². The summed E-state index contributed by atoms with van der Waals surface area (Å²) in [6, 6.07) is 0. The molecule has 0 aliphatic carbocycles. The fraction of sp³-hybridized carbons (Fsp3) is 0.476. The van der Waals surface area contributed by atoms with Crippen molar-refractivity contribution in [1.82, 2.24) is 0 Å². The van der Waals surface area contributed by atoms with Gasteiger partial charge in [-0.1, -0.05) is 38.2 Å². The van der Waals surface area contributed by atoms with Crippen LogP contribution in [0.2, 0.25) is 0 Å². The Morgan fingerprint density at radius 1 is 0.724 bits per heavy atom. The third kappa shape index (κ3) is 41.0. The average molecular weight is 417 g/mol. The van der Waals surface area contributed by atoms with Crippen LogP contribution in [0, 0.1) is 0 Å². The van der Waals surface area contributed by atoms with Crippen LogP contribution in [-0.2, 0) is 14.4 Å². The summed E-state index contributed by atoms with van der Waals surface area (Å²) in [5.41, 5.74) is 0.722. The Kier molecular flexibility index (Phi) is 29.5. The maximum absolute atomic E-state index is 10.1. The Morgan fingerprint density at radius 2 is 1.03 bits per heavy atom. The molecule has 0 heterocycles. The maximum Gasteiger partial charge on any atom is 0.330 e. The molecule has 0 saturated heterocycles. The van der Waals surface area contributed by atoms with E-state index in [9.17, 15) is 14.4 Å². The molecule has 0 fully saturated rings. The molecule has 0 unspecified atom stereocenters. The molecule has 0 bridgehead atoms. The second-order valence-electron chi connectivity index (χ2n) is 5.75. The van der Waals surface area contributed by atoms with Gasteiger partial charge < -0.3 is 25.5 Å². The molecule has 168 valence electrons. The van der Waals surface area contributed by atoms with Crippen LogP contribution in [0.15, 0.2) is 48.6 Å². The van der Waals surface area contributed by atoms with Crippen molar-refractivity contribution in [3.63, 3.8) is 0 Å². The first-order valence-electron chi connectivity index (χ1n) is 8.89. The molecule has 0 saturated carbocycles. The predicted molar refractivity (Wildman–Crippen MR) is 114 cm³/mol. The third-order valence-corrected chi connectivity index (χ3v) is 2.72. The lowest BCUT2D eigenvalue weighted by Crippen LogP contribution is -1.94. The Hall–Kier alpha value is -2.71. The summed E-state index contributed by atoms with van der Waals surface area (Å²) in [5.74, 6) is -2.73. The molecule has 8 nitrogen and oxygen atoms in total. The lowest BCUT2D eigenvalue weighted by molar-refractivity contribution is -0.133. The Labute approximate surface area is 173 Å². The number of hydrogen-bond donors (Lipinski definition) is 5. The van der Waals surface area contributed by atoms with Crippen LogP contribution >= 0.6 is 0 Å². The monoisotopic (exact) mass is 416 g/mol. The summed E-state index contributed by atoms with van der Waals surface area (Å²) in [6.07, 6.45) is 7.73. The van der Waals surface area contributed by atoms with Gasteiger partial charge in [-0.2, -0.15) is 0 Å². The lowest BCUT2D eigenvalue weighted by Gasteiger charge is -1.93. The zero-order valence-electron chi connectivity index (χ0n) is 17.7. The zero-order chi connectivity index (χ0) is 23.8. The molecule has 0 aromatic carbocycles. The largest absolute Gasteiger partial charge is 0.478 e. The van der Waals surface area contributed by atoms with Crippen molar-refractivity contribution < 1.29 is 39.9 Å². The minimum absolute atomic E-state index is 0.176. The SMILES string of the molecule is C=C(C)C(=O)O.C=C(C)C(=O)O.C=CCC=C(C)C(=O)O.OCCCCCCO. The van der Waals surface area contributed by atoms with Crippen LogP contribution in [0.5, 0.6) is 0 Å². The normalized spacial score (nSPS) is 9.21. The van der Waals surface area contributed by atoms with Gasteiger partial charge in [0.25, 0.3) is 0 Å². The summed E-state index contributed by atoms with van der Waals surface area (Å²) in [6.45, 7) is 14.8. The van der Waals surface area contributed by atoms with Gasteiger partial charge in [0.05, 0.1) is 0 Å². The molecule has 0 atom stereocenters. The Morgan fingerprint density at radius 3 is 1.21 bits per heavy atom. The fourth-order valence-electron chi connectivity index (χ4n) is 0.925. The van der Waals surface area contributed by atoms with Crippen molar-refractivity contribution >= 4 is 17.9 Å². The number of carboxylic acids is 3. The van der Waals surface area contributed by atoms with E-state index in [2.05, 4.69) is 19.7 Å². The van der Waals surface area contributed by atoms with Crippen LogP contribution < -0.4 is 0 Å². The summed E-state index contributed by atoms with van der Waals surface area (Å²) < 4.78 is 0. The summed E-state index contributed by atoms with van der Waals surface area (Å²) in [4.78, 5) is 29.3. The van der Waals surface area contributed by atoms with Crippen LogP contribution in [0.3, 0.4) is 0 Å². The van der Waals surface area contributed by atoms with E-state index >= 15 is 0 Å². The molecule has 0 amide bonds. The van der Waals surface area contributed by atoms with Crippen LogP contribution in [0.4, 0.5) is 0 Å². The molecule has 0 radical (unpaired) electrons. The van der Waals surface area contributed by atoms with E-state index in [1.54, 1.807) is 19.1 Å². The molecule has 0 aromatic heterocycles. The highest BCUT2D eigenvalue weighted by Crippen LogP contribution is 1.96. The highest BCUT2D eigenvalue weighted by molar-refractivity contribution is 5.86. The quantitative estimate of drug-likeness (QED) is 0.206. The van der Waals surface area contributed by atoms with Crippen molar-refractivity contribution in [3.05, 3.63) is 48.6 Å². The first-order chi connectivity index (χ1) is 13.4. The number of hydrogen-bond acceptors (Lipinski definition) is 5. The second kappa shape index (κ2) is 25.3. The van der Waals surface area contributed by atoms with Crippen molar-refractivity contribution in [3.8, 4) is 0 Å². The number of aliphatic carboxylic acids is 3. The van der Waals surface area contributed by atoms with Gasteiger partial charge in [-0.15, -0.1) is 6.58 Å². The topological polar surface area (TPSA) is 152 Å². The van der Waals surface area contributed by atoms with Gasteiger partial charge >= 0.3 is 17.9 Å². The molecule has 0 spiro atoms. The van der Waals surface area contributed by atoms with E-state index in [-0.39, 0.29) is 24.4 Å². The van der Waals surface area contributed by atoms with Gasteiger partial charge in [-0.05, 0) is 40.0 Å². The number of allylic oxidation sites excluding steroid dienone is 2. The van der Waals surface area contributed by atoms with E-state index in [1.165, 1.54) is 13.8 Å². The highest BCUT2D eigenvalue weighted by Gasteiger charge is 1.95. The molecular weight excluding hydrogens is 380 g/mol. The van der Waals surface area contributed by atoms with Gasteiger partial charge in [0.2, 0.25) is 0 Å². The number of unbranched alkanes of at least 4 members (excludes halogenated alkanes) is 3. The summed E-state index contributed by atoms with van der Waals surface area (Å²) >= 11 is 0. The Balaban J connectivity index is -0.000000146. The molecule has 8 heteroatoms. The number of rotatable bonds is 10. The van der Waals surface area contributed by atoms with Crippen molar-refractivity contribution in [2.45, 2.75) is 52.9 Å². The predicted octanol–water partition coefficient (Wildman–Crippen LogP) is 3.42. The third-order valence-electron chi connectivity index (χ3n) is 2.72. The van der Waals surface area contributed by atoms with Crippen molar-refractivity contribution in [2.75, 3.05) is 13.2 Å². The molecule has 0 rings (SSSR count). The summed E-state index contributed by atoms with van der Waals surface area (Å²) in [7, 11) is 0. The minimum Gasteiger partial charge on any atom is -0.478 e. The number of carbonyl (C=O) groups is 3. The molecular formula is C21H36O8. The first-order valence-corrected chi connectivity index (χ1v) is 8.89. The molecule has 0 aliphatic heterocycles. The molecule has 5 N–H and O–H groups in total. The van der Waals surface area contributed by atoms with Crippen molar-refractivity contribution in [2.24, 2.45) is 0 Å². The van der Waals surface area contributed by atoms with Crippen molar-refractivity contribution in [1.29, 1.82) is 0 Å². The number of carboxylic acid groups (broad SMARTS) is 3. The van der Waals surface area contributed by atoms with Crippen LogP contribution in [-0.4, -0.2) is 56.7 Å². The van der Waals surface area contributed by atoms with E-state index in [4.69, 9.17) is 25.5 Å². The standard InChI is InChI=1S/C7H10O2.C6H14O2.2C4H6O2/c1-3-4-5-6(2)7(8)9;7-5-3-1-2-4-6-8;2*1-3(2)4(5)6/h3,5H,1,4H2,2H3,(H,8,9);7-8H,1-6H2;2*1H2,2H3,(H,5,6). The number of aliphatic hydroxyl groups excluding tert-OH is 2. The highest BCUT2D eigenvalue weighted by atomic mass is 16.4. The van der Waals surface area contributed by atoms with Gasteiger partial charge in [-0.25, -0.2) is 14.4 Å². The van der Waals surface area contributed by atoms with Gasteiger partial charge in [-0.3, -0.25) is 0 Å². The van der Waals surface area contributed by atoms with E-state index in [0.717, 1.165) is 25.7 Å². The van der Waals surface area contributed by atoms with Crippen LogP contribution in [0.1, 0.15) is 52.9 Å². The number of aliphatic hydroxyl groups is 2. The summed E-state index contributed by atoms with van der Waals surface area (Å²) in [5, 5.41) is 40.7. The van der Waals surface area contributed by atoms with Gasteiger partial charge in [0.1, 0.15) is 0 Å². The van der Waals surface area contributed by atoms with Gasteiger partial charge in [0.15, 0.2) is 0 Å². The Bertz CT molecular complexity index is 479. The maximum atomic E-state index is 10.1. The van der Waals surface area contributed by atoms with Gasteiger partial charge in [0, 0.05) is 29.9 Å². The zero-order valence-corrected chi connectivity index (χ0v) is 17.7. The first kappa shape index (κ1) is 33.8. The van der Waals surface area contributed by atoms with Crippen LogP contribution in [0.25, 0.3) is 0 Å². The second-order valence-corrected chi connectivity index (χ2v) is 5.75. The molecule has 29 heavy (non-hydrogen) atoms.